The van der Waals surface area contributed by atoms with Crippen LogP contribution in [0.3, 0.4) is 0 Å². The summed E-state index contributed by atoms with van der Waals surface area (Å²) in [6, 6.07) is 1.65. The van der Waals surface area contributed by atoms with E-state index in [0.29, 0.717) is 10.6 Å². The van der Waals surface area contributed by atoms with Crippen molar-refractivity contribution in [3.8, 4) is 0 Å². The van der Waals surface area contributed by atoms with Crippen molar-refractivity contribution in [2.24, 2.45) is 10.3 Å². The number of hydrogen-bond donors (Lipinski definition) is 1. The molecule has 11 heavy (non-hydrogen) atoms. The third-order valence-electron chi connectivity index (χ3n) is 1.00. The Balaban J connectivity index is 3.04. The number of oxime groups is 1. The van der Waals surface area contributed by atoms with Crippen LogP contribution < -0.4 is 0 Å². The average molecular weight is 168 g/mol. The van der Waals surface area contributed by atoms with Crippen molar-refractivity contribution < 1.29 is 5.21 Å². The van der Waals surface area contributed by atoms with Crippen LogP contribution in [0.15, 0.2) is 21.7 Å². The van der Waals surface area contributed by atoms with Gasteiger partial charge in [0.25, 0.3) is 0 Å². The first-order valence-electron chi connectivity index (χ1n) is 2.68. The minimum atomic E-state index is 0.482. The number of hydrogen-bond acceptors (Lipinski definition) is 4. The van der Waals surface area contributed by atoms with Gasteiger partial charge in [-0.1, -0.05) is 10.3 Å². The van der Waals surface area contributed by atoms with E-state index in [-0.39, 0.29) is 0 Å². The zero-order valence-corrected chi connectivity index (χ0v) is 6.19. The highest BCUT2D eigenvalue weighted by molar-refractivity contribution is 7.12. The van der Waals surface area contributed by atoms with E-state index < -0.39 is 0 Å². The maximum absolute atomic E-state index is 8.17. The Hall–Kier alpha value is -1.52. The molecule has 0 aliphatic rings. The Labute approximate surface area is 66.2 Å². The van der Waals surface area contributed by atoms with Gasteiger partial charge >= 0.3 is 0 Å². The molecular formula is C5H4N4OS. The monoisotopic (exact) mass is 168 g/mol. The van der Waals surface area contributed by atoms with Crippen LogP contribution >= 0.6 is 11.3 Å². The second-order valence-electron chi connectivity index (χ2n) is 1.60. The summed E-state index contributed by atoms with van der Waals surface area (Å²) in [7, 11) is 0. The first-order valence-corrected chi connectivity index (χ1v) is 3.56. The molecule has 0 unspecified atom stereocenters. The van der Waals surface area contributed by atoms with Crippen molar-refractivity contribution in [3.63, 3.8) is 0 Å². The number of rotatable bonds is 2. The van der Waals surface area contributed by atoms with Gasteiger partial charge < -0.3 is 5.21 Å². The smallest absolute Gasteiger partial charge is 0.0838 e. The fourth-order valence-corrected chi connectivity index (χ4v) is 1.28. The van der Waals surface area contributed by atoms with Gasteiger partial charge in [-0.05, 0) is 17.0 Å². The van der Waals surface area contributed by atoms with E-state index in [9.17, 15) is 0 Å². The van der Waals surface area contributed by atoms with E-state index in [4.69, 9.17) is 10.7 Å². The molecule has 0 aliphatic heterocycles. The van der Waals surface area contributed by atoms with Crippen molar-refractivity contribution in [3.05, 3.63) is 26.8 Å². The summed E-state index contributed by atoms with van der Waals surface area (Å²) < 4.78 is 0. The quantitative estimate of drug-likeness (QED) is 0.180. The van der Waals surface area contributed by atoms with Gasteiger partial charge in [-0.3, -0.25) is 0 Å². The van der Waals surface area contributed by atoms with Crippen molar-refractivity contribution in [2.75, 3.05) is 0 Å². The van der Waals surface area contributed by atoms with Crippen LogP contribution in [0.2, 0.25) is 0 Å². The van der Waals surface area contributed by atoms with Gasteiger partial charge in [0, 0.05) is 4.91 Å². The Bertz CT molecular complexity index is 312. The predicted octanol–water partition coefficient (Wildman–Crippen LogP) is 2.50. The van der Waals surface area contributed by atoms with Gasteiger partial charge in [0.15, 0.2) is 0 Å². The van der Waals surface area contributed by atoms with Crippen molar-refractivity contribution >= 4 is 23.2 Å². The molecular weight excluding hydrogens is 164 g/mol. The molecule has 0 aliphatic carbocycles. The molecule has 1 aromatic rings. The first-order chi connectivity index (χ1) is 5.38. The zero-order valence-electron chi connectivity index (χ0n) is 5.38. The van der Waals surface area contributed by atoms with Crippen LogP contribution in [0.25, 0.3) is 10.4 Å². The van der Waals surface area contributed by atoms with Crippen LogP contribution in [0.4, 0.5) is 5.69 Å². The fourth-order valence-electron chi connectivity index (χ4n) is 0.594. The molecule has 5 nitrogen and oxygen atoms in total. The Kier molecular flexibility index (Phi) is 2.48. The number of thiophene rings is 1. The summed E-state index contributed by atoms with van der Waals surface area (Å²) in [5.74, 6) is 0. The van der Waals surface area contributed by atoms with Gasteiger partial charge in [-0.25, -0.2) is 0 Å². The lowest BCUT2D eigenvalue weighted by Crippen LogP contribution is -1.71. The largest absolute Gasteiger partial charge is 0.411 e. The highest BCUT2D eigenvalue weighted by Gasteiger charge is 1.97. The highest BCUT2D eigenvalue weighted by atomic mass is 32.1. The topological polar surface area (TPSA) is 81.4 Å². The lowest BCUT2D eigenvalue weighted by Gasteiger charge is -1.83. The van der Waals surface area contributed by atoms with Crippen LogP contribution in [0.5, 0.6) is 0 Å². The molecule has 1 N–H and O–H groups in total. The third-order valence-corrected chi connectivity index (χ3v) is 1.84. The second-order valence-corrected chi connectivity index (χ2v) is 2.55. The molecule has 0 aromatic carbocycles. The lowest BCUT2D eigenvalue weighted by molar-refractivity contribution is 0.322. The summed E-state index contributed by atoms with van der Waals surface area (Å²) in [6.07, 6.45) is 1.23. The van der Waals surface area contributed by atoms with Gasteiger partial charge in [-0.15, -0.1) is 11.3 Å². The van der Waals surface area contributed by atoms with E-state index >= 15 is 0 Å². The van der Waals surface area contributed by atoms with Crippen molar-refractivity contribution in [2.45, 2.75) is 0 Å². The molecule has 56 valence electrons. The standard InChI is InChI=1S/C5H4N4OS/c6-9-8-4-1-2-11-5(4)3-7-10/h1-3,10H. The van der Waals surface area contributed by atoms with E-state index in [0.717, 1.165) is 0 Å². The number of nitrogens with zero attached hydrogens (tertiary/aromatic N) is 4. The van der Waals surface area contributed by atoms with Gasteiger partial charge in [0.2, 0.25) is 0 Å². The lowest BCUT2D eigenvalue weighted by atomic mass is 10.4. The van der Waals surface area contributed by atoms with E-state index in [1.807, 2.05) is 0 Å². The zero-order chi connectivity index (χ0) is 8.10. The molecule has 0 spiro atoms. The summed E-state index contributed by atoms with van der Waals surface area (Å²) >= 11 is 1.34. The molecule has 0 saturated heterocycles. The molecule has 1 heterocycles. The Morgan fingerprint density at radius 3 is 3.18 bits per heavy atom. The highest BCUT2D eigenvalue weighted by Crippen LogP contribution is 2.23. The molecule has 0 radical (unpaired) electrons. The van der Waals surface area contributed by atoms with E-state index in [1.165, 1.54) is 17.6 Å². The van der Waals surface area contributed by atoms with E-state index in [1.54, 1.807) is 11.4 Å². The first kappa shape index (κ1) is 7.59. The van der Waals surface area contributed by atoms with Gasteiger partial charge in [-0.2, -0.15) is 0 Å². The minimum absolute atomic E-state index is 0.482. The van der Waals surface area contributed by atoms with Crippen LogP contribution in [0, 0.1) is 0 Å². The molecule has 0 amide bonds. The third kappa shape index (κ3) is 1.70. The molecule has 6 heteroatoms. The van der Waals surface area contributed by atoms with E-state index in [2.05, 4.69) is 15.2 Å². The summed E-state index contributed by atoms with van der Waals surface area (Å²) in [6.45, 7) is 0. The Morgan fingerprint density at radius 2 is 2.55 bits per heavy atom. The Morgan fingerprint density at radius 1 is 1.73 bits per heavy atom. The van der Waals surface area contributed by atoms with Crippen molar-refractivity contribution in [1.29, 1.82) is 0 Å². The second kappa shape index (κ2) is 3.60. The summed E-state index contributed by atoms with van der Waals surface area (Å²) in [5.41, 5.74) is 8.57. The average Bonchev–Trinajstić information content (AvgIpc) is 2.39. The summed E-state index contributed by atoms with van der Waals surface area (Å²) in [5, 5.41) is 16.1. The SMILES string of the molecule is [N-]=[N+]=Nc1ccsc1C=NO. The molecule has 1 rings (SSSR count). The van der Waals surface area contributed by atoms with Crippen LogP contribution in [0.1, 0.15) is 4.88 Å². The van der Waals surface area contributed by atoms with Gasteiger partial charge in [0.1, 0.15) is 0 Å². The fraction of sp³-hybridized carbons (Fsp3) is 0. The maximum atomic E-state index is 8.17. The summed E-state index contributed by atoms with van der Waals surface area (Å²) in [4.78, 5) is 3.25. The molecule has 0 atom stereocenters. The maximum Gasteiger partial charge on any atom is 0.0838 e. The van der Waals surface area contributed by atoms with Gasteiger partial charge in [0.05, 0.1) is 16.8 Å². The molecule has 0 fully saturated rings. The molecule has 1 aromatic heterocycles. The minimum Gasteiger partial charge on any atom is -0.411 e. The molecule has 0 bridgehead atoms. The van der Waals surface area contributed by atoms with Crippen molar-refractivity contribution in [1.82, 2.24) is 0 Å². The van der Waals surface area contributed by atoms with Crippen LogP contribution in [-0.2, 0) is 0 Å². The predicted molar refractivity (Wildman–Crippen MR) is 42.5 cm³/mol. The normalized spacial score (nSPS) is 9.82. The van der Waals surface area contributed by atoms with Crippen LogP contribution in [-0.4, -0.2) is 11.4 Å². The molecule has 0 saturated carbocycles. The number of azide groups is 1.